The zero-order chi connectivity index (χ0) is 11.2. The number of H-pyrrole nitrogens is 1. The summed E-state index contributed by atoms with van der Waals surface area (Å²) in [5.74, 6) is 0.0179. The Morgan fingerprint density at radius 3 is 2.60 bits per heavy atom. The van der Waals surface area contributed by atoms with Gasteiger partial charge < -0.3 is 4.98 Å². The predicted octanol–water partition coefficient (Wildman–Crippen LogP) is 0.320. The lowest BCUT2D eigenvalue weighted by atomic mass is 10.2. The molecule has 15 heavy (non-hydrogen) atoms. The molecule has 2 unspecified atom stereocenters. The number of ketones is 1. The second-order valence-corrected chi connectivity index (χ2v) is 4.02. The maximum Gasteiger partial charge on any atom is 0.328 e. The molecule has 1 aliphatic carbocycles. The summed E-state index contributed by atoms with van der Waals surface area (Å²) in [4.78, 5) is 36.8. The SMILES string of the molecule is CC(=O)c1c[nH]c(=O)n(C2CC2C)c1=O. The van der Waals surface area contributed by atoms with Crippen LogP contribution in [0.5, 0.6) is 0 Å². The zero-order valence-electron chi connectivity index (χ0n) is 8.61. The molecule has 1 fully saturated rings. The molecular formula is C10H12N2O3. The number of carbonyl (C=O) groups is 1. The van der Waals surface area contributed by atoms with Crippen molar-refractivity contribution in [3.63, 3.8) is 0 Å². The normalized spacial score (nSPS) is 23.9. The van der Waals surface area contributed by atoms with Crippen LogP contribution in [-0.2, 0) is 0 Å². The third kappa shape index (κ3) is 1.54. The van der Waals surface area contributed by atoms with Crippen LogP contribution in [0, 0.1) is 5.92 Å². The summed E-state index contributed by atoms with van der Waals surface area (Å²) in [5, 5.41) is 0. The lowest BCUT2D eigenvalue weighted by Gasteiger charge is -2.03. The number of aromatic nitrogens is 2. The lowest BCUT2D eigenvalue weighted by molar-refractivity contribution is 0.101. The fraction of sp³-hybridized carbons (Fsp3) is 0.500. The van der Waals surface area contributed by atoms with E-state index in [-0.39, 0.29) is 17.4 Å². The van der Waals surface area contributed by atoms with Crippen molar-refractivity contribution >= 4 is 5.78 Å². The molecule has 1 aromatic heterocycles. The highest BCUT2D eigenvalue weighted by Crippen LogP contribution is 2.40. The first-order chi connectivity index (χ1) is 7.02. The highest BCUT2D eigenvalue weighted by atomic mass is 16.2. The fourth-order valence-corrected chi connectivity index (χ4v) is 1.70. The highest BCUT2D eigenvalue weighted by Gasteiger charge is 2.37. The first-order valence-corrected chi connectivity index (χ1v) is 4.87. The molecule has 1 aromatic rings. The average molecular weight is 208 g/mol. The number of nitrogens with one attached hydrogen (secondary N) is 1. The molecule has 1 aliphatic rings. The first-order valence-electron chi connectivity index (χ1n) is 4.87. The second kappa shape index (κ2) is 3.18. The van der Waals surface area contributed by atoms with Gasteiger partial charge in [-0.15, -0.1) is 0 Å². The van der Waals surface area contributed by atoms with Crippen molar-refractivity contribution in [2.45, 2.75) is 26.3 Å². The molecule has 2 atom stereocenters. The van der Waals surface area contributed by atoms with E-state index in [1.807, 2.05) is 6.92 Å². The molecule has 1 heterocycles. The van der Waals surface area contributed by atoms with Crippen LogP contribution in [0.1, 0.15) is 36.7 Å². The standard InChI is InChI=1S/C10H12N2O3/c1-5-3-8(5)12-9(14)7(6(2)13)4-11-10(12)15/h4-5,8H,3H2,1-2H3,(H,11,15). The molecule has 2 rings (SSSR count). The van der Waals surface area contributed by atoms with Gasteiger partial charge in [-0.2, -0.15) is 0 Å². The summed E-state index contributed by atoms with van der Waals surface area (Å²) in [6.45, 7) is 3.28. The van der Waals surface area contributed by atoms with Crippen LogP contribution in [0.2, 0.25) is 0 Å². The Morgan fingerprint density at radius 1 is 1.53 bits per heavy atom. The molecule has 0 radical (unpaired) electrons. The van der Waals surface area contributed by atoms with Crippen molar-refractivity contribution < 1.29 is 4.79 Å². The van der Waals surface area contributed by atoms with Gasteiger partial charge in [0.15, 0.2) is 5.78 Å². The Balaban J connectivity index is 2.63. The van der Waals surface area contributed by atoms with E-state index in [2.05, 4.69) is 4.98 Å². The molecule has 0 amide bonds. The van der Waals surface area contributed by atoms with E-state index in [0.717, 1.165) is 11.0 Å². The van der Waals surface area contributed by atoms with Gasteiger partial charge in [-0.3, -0.25) is 14.2 Å². The minimum atomic E-state index is -0.472. The summed E-state index contributed by atoms with van der Waals surface area (Å²) in [5.41, 5.74) is -0.853. The zero-order valence-corrected chi connectivity index (χ0v) is 8.61. The summed E-state index contributed by atoms with van der Waals surface area (Å²) in [6.07, 6.45) is 2.01. The Morgan fingerprint density at radius 2 is 2.13 bits per heavy atom. The molecule has 5 nitrogen and oxygen atoms in total. The first kappa shape index (κ1) is 9.89. The smallest absolute Gasteiger partial charge is 0.313 e. The predicted molar refractivity (Wildman–Crippen MR) is 54.1 cm³/mol. The summed E-state index contributed by atoms with van der Waals surface area (Å²) >= 11 is 0. The third-order valence-electron chi connectivity index (χ3n) is 2.79. The van der Waals surface area contributed by atoms with Gasteiger partial charge in [-0.25, -0.2) is 4.79 Å². The molecule has 0 saturated heterocycles. The van der Waals surface area contributed by atoms with E-state index in [1.54, 1.807) is 0 Å². The second-order valence-electron chi connectivity index (χ2n) is 4.02. The molecule has 0 aliphatic heterocycles. The number of nitrogens with zero attached hydrogens (tertiary/aromatic N) is 1. The van der Waals surface area contributed by atoms with E-state index in [4.69, 9.17) is 0 Å². The molecule has 5 heteroatoms. The van der Waals surface area contributed by atoms with E-state index in [1.165, 1.54) is 13.1 Å². The molecular weight excluding hydrogens is 196 g/mol. The fourth-order valence-electron chi connectivity index (χ4n) is 1.70. The van der Waals surface area contributed by atoms with Gasteiger partial charge in [0, 0.05) is 12.2 Å². The topological polar surface area (TPSA) is 71.9 Å². The van der Waals surface area contributed by atoms with Crippen molar-refractivity contribution in [2.24, 2.45) is 5.92 Å². The number of hydrogen-bond acceptors (Lipinski definition) is 3. The quantitative estimate of drug-likeness (QED) is 0.711. The molecule has 0 aromatic carbocycles. The number of carbonyl (C=O) groups excluding carboxylic acids is 1. The molecule has 0 spiro atoms. The van der Waals surface area contributed by atoms with Gasteiger partial charge in [0.1, 0.15) is 0 Å². The maximum atomic E-state index is 11.8. The molecule has 0 bridgehead atoms. The van der Waals surface area contributed by atoms with Crippen LogP contribution in [0.4, 0.5) is 0 Å². The van der Waals surface area contributed by atoms with Crippen molar-refractivity contribution in [1.82, 2.24) is 9.55 Å². The Labute approximate surface area is 85.7 Å². The monoisotopic (exact) mass is 208 g/mol. The Kier molecular flexibility index (Phi) is 2.10. The Bertz CT molecular complexity index is 526. The largest absolute Gasteiger partial charge is 0.328 e. The molecule has 1 N–H and O–H groups in total. The minimum Gasteiger partial charge on any atom is -0.313 e. The van der Waals surface area contributed by atoms with Gasteiger partial charge in [0.05, 0.1) is 5.56 Å². The lowest BCUT2D eigenvalue weighted by Crippen LogP contribution is -2.37. The number of aromatic amines is 1. The van der Waals surface area contributed by atoms with E-state index < -0.39 is 11.2 Å². The van der Waals surface area contributed by atoms with Crippen LogP contribution in [-0.4, -0.2) is 15.3 Å². The van der Waals surface area contributed by atoms with E-state index in [0.29, 0.717) is 5.92 Å². The van der Waals surface area contributed by atoms with Crippen molar-refractivity contribution in [2.75, 3.05) is 0 Å². The highest BCUT2D eigenvalue weighted by molar-refractivity contribution is 5.93. The van der Waals surface area contributed by atoms with Crippen molar-refractivity contribution in [3.05, 3.63) is 32.6 Å². The average Bonchev–Trinajstić information content (AvgIpc) is 2.82. The van der Waals surface area contributed by atoms with Crippen LogP contribution >= 0.6 is 0 Å². The molecule has 80 valence electrons. The minimum absolute atomic E-state index is 0.0412. The van der Waals surface area contributed by atoms with Crippen LogP contribution in [0.15, 0.2) is 15.8 Å². The van der Waals surface area contributed by atoms with Gasteiger partial charge >= 0.3 is 5.69 Å². The van der Waals surface area contributed by atoms with Crippen molar-refractivity contribution in [1.29, 1.82) is 0 Å². The van der Waals surface area contributed by atoms with Crippen LogP contribution < -0.4 is 11.2 Å². The van der Waals surface area contributed by atoms with Gasteiger partial charge in [0.25, 0.3) is 5.56 Å². The van der Waals surface area contributed by atoms with Crippen LogP contribution in [0.3, 0.4) is 0 Å². The summed E-state index contributed by atoms with van der Waals surface area (Å²) in [6, 6.07) is -0.0412. The van der Waals surface area contributed by atoms with Gasteiger partial charge in [0.2, 0.25) is 0 Å². The number of Topliss-reactive ketones (excluding diaryl/α,β-unsaturated/α-hetero) is 1. The molecule has 1 saturated carbocycles. The van der Waals surface area contributed by atoms with Crippen molar-refractivity contribution in [3.8, 4) is 0 Å². The summed E-state index contributed by atoms with van der Waals surface area (Å²) in [7, 11) is 0. The van der Waals surface area contributed by atoms with E-state index in [9.17, 15) is 14.4 Å². The van der Waals surface area contributed by atoms with E-state index >= 15 is 0 Å². The maximum absolute atomic E-state index is 11.8. The Hall–Kier alpha value is -1.65. The van der Waals surface area contributed by atoms with Gasteiger partial charge in [-0.05, 0) is 19.3 Å². The third-order valence-corrected chi connectivity index (χ3v) is 2.79. The number of rotatable bonds is 2. The number of hydrogen-bond donors (Lipinski definition) is 1. The van der Waals surface area contributed by atoms with Crippen LogP contribution in [0.25, 0.3) is 0 Å². The summed E-state index contributed by atoms with van der Waals surface area (Å²) < 4.78 is 1.15. The van der Waals surface area contributed by atoms with Gasteiger partial charge in [-0.1, -0.05) is 6.92 Å².